The molecule has 2 unspecified atom stereocenters. The van der Waals surface area contributed by atoms with E-state index in [4.69, 9.17) is 10.2 Å². The smallest absolute Gasteiger partial charge is 0.120 e. The Morgan fingerprint density at radius 2 is 2.18 bits per heavy atom. The normalized spacial score (nSPS) is 25.4. The second-order valence-electron chi connectivity index (χ2n) is 5.29. The van der Waals surface area contributed by atoms with Gasteiger partial charge in [-0.25, -0.2) is 0 Å². The third-order valence-electron chi connectivity index (χ3n) is 4.10. The maximum atomic E-state index is 5.88. The van der Waals surface area contributed by atoms with Gasteiger partial charge in [-0.2, -0.15) is 0 Å². The van der Waals surface area contributed by atoms with Crippen LogP contribution < -0.4 is 5.73 Å². The summed E-state index contributed by atoms with van der Waals surface area (Å²) < 4.78 is 5.52. The van der Waals surface area contributed by atoms with Crippen LogP contribution in [-0.2, 0) is 6.54 Å². The van der Waals surface area contributed by atoms with Crippen LogP contribution in [0, 0.1) is 12.8 Å². The van der Waals surface area contributed by atoms with Crippen LogP contribution in [0.25, 0.3) is 0 Å². The molecule has 1 saturated carbocycles. The highest BCUT2D eigenvalue weighted by Gasteiger charge is 2.27. The standard InChI is InChI=1S/C14H24N2O/c1-11-7-8-17-14(11)10-16(2)13-6-4-3-5-12(13)9-15/h7-8,12-13H,3-6,9-10,15H2,1-2H3. The van der Waals surface area contributed by atoms with E-state index in [0.717, 1.165) is 18.8 Å². The Kier molecular flexibility index (Phi) is 4.24. The molecule has 0 bridgehead atoms. The monoisotopic (exact) mass is 236 g/mol. The van der Waals surface area contributed by atoms with Crippen molar-refractivity contribution in [1.29, 1.82) is 0 Å². The number of nitrogens with two attached hydrogens (primary N) is 1. The Balaban J connectivity index is 1.98. The van der Waals surface area contributed by atoms with Crippen LogP contribution in [-0.4, -0.2) is 24.5 Å². The lowest BCUT2D eigenvalue weighted by Gasteiger charge is -2.37. The molecule has 1 aliphatic carbocycles. The summed E-state index contributed by atoms with van der Waals surface area (Å²) in [7, 11) is 2.20. The summed E-state index contributed by atoms with van der Waals surface area (Å²) >= 11 is 0. The van der Waals surface area contributed by atoms with Gasteiger partial charge < -0.3 is 10.2 Å². The number of hydrogen-bond acceptors (Lipinski definition) is 3. The van der Waals surface area contributed by atoms with Crippen LogP contribution in [0.3, 0.4) is 0 Å². The molecule has 3 heteroatoms. The molecule has 0 saturated heterocycles. The fourth-order valence-corrected chi connectivity index (χ4v) is 2.95. The Morgan fingerprint density at radius 3 is 2.82 bits per heavy atom. The second-order valence-corrected chi connectivity index (χ2v) is 5.29. The van der Waals surface area contributed by atoms with Crippen molar-refractivity contribution in [2.75, 3.05) is 13.6 Å². The van der Waals surface area contributed by atoms with E-state index >= 15 is 0 Å². The largest absolute Gasteiger partial charge is 0.468 e. The summed E-state index contributed by atoms with van der Waals surface area (Å²) in [5.41, 5.74) is 7.13. The minimum absolute atomic E-state index is 0.623. The second kappa shape index (κ2) is 5.69. The van der Waals surface area contributed by atoms with Crippen molar-refractivity contribution >= 4 is 0 Å². The number of furan rings is 1. The molecule has 17 heavy (non-hydrogen) atoms. The molecule has 0 spiro atoms. The van der Waals surface area contributed by atoms with Gasteiger partial charge in [0.15, 0.2) is 0 Å². The zero-order chi connectivity index (χ0) is 12.3. The van der Waals surface area contributed by atoms with E-state index in [-0.39, 0.29) is 0 Å². The van der Waals surface area contributed by atoms with E-state index in [9.17, 15) is 0 Å². The molecule has 96 valence electrons. The highest BCUT2D eigenvalue weighted by Crippen LogP contribution is 2.28. The summed E-state index contributed by atoms with van der Waals surface area (Å²) in [6.45, 7) is 3.82. The van der Waals surface area contributed by atoms with Crippen molar-refractivity contribution in [3.05, 3.63) is 23.7 Å². The zero-order valence-corrected chi connectivity index (χ0v) is 11.0. The predicted octanol–water partition coefficient (Wildman–Crippen LogP) is 2.54. The van der Waals surface area contributed by atoms with E-state index in [1.54, 1.807) is 6.26 Å². The molecule has 1 aliphatic rings. The van der Waals surface area contributed by atoms with Crippen LogP contribution >= 0.6 is 0 Å². The highest BCUT2D eigenvalue weighted by molar-refractivity contribution is 5.14. The van der Waals surface area contributed by atoms with Gasteiger partial charge in [0.05, 0.1) is 12.8 Å². The van der Waals surface area contributed by atoms with E-state index in [0.29, 0.717) is 12.0 Å². The number of nitrogens with zero attached hydrogens (tertiary/aromatic N) is 1. The number of hydrogen-bond donors (Lipinski definition) is 1. The quantitative estimate of drug-likeness (QED) is 0.873. The molecule has 1 fully saturated rings. The van der Waals surface area contributed by atoms with Gasteiger partial charge in [0.25, 0.3) is 0 Å². The average Bonchev–Trinajstić information content (AvgIpc) is 2.75. The highest BCUT2D eigenvalue weighted by atomic mass is 16.3. The van der Waals surface area contributed by atoms with Gasteiger partial charge in [-0.05, 0) is 50.9 Å². The third kappa shape index (κ3) is 2.90. The Morgan fingerprint density at radius 1 is 1.41 bits per heavy atom. The molecule has 2 atom stereocenters. The summed E-state index contributed by atoms with van der Waals surface area (Å²) in [4.78, 5) is 2.42. The molecule has 1 aromatic heterocycles. The van der Waals surface area contributed by atoms with Gasteiger partial charge in [-0.3, -0.25) is 4.90 Å². The lowest BCUT2D eigenvalue weighted by molar-refractivity contribution is 0.120. The summed E-state index contributed by atoms with van der Waals surface area (Å²) in [5.74, 6) is 1.75. The molecule has 1 aromatic rings. The predicted molar refractivity (Wildman–Crippen MR) is 69.7 cm³/mol. The first-order valence-electron chi connectivity index (χ1n) is 6.65. The van der Waals surface area contributed by atoms with E-state index < -0.39 is 0 Å². The van der Waals surface area contributed by atoms with Crippen molar-refractivity contribution in [2.24, 2.45) is 11.7 Å². The van der Waals surface area contributed by atoms with Crippen LogP contribution in [0.5, 0.6) is 0 Å². The lowest BCUT2D eigenvalue weighted by atomic mass is 9.83. The molecule has 1 heterocycles. The van der Waals surface area contributed by atoms with Crippen molar-refractivity contribution < 1.29 is 4.42 Å². The van der Waals surface area contributed by atoms with Crippen molar-refractivity contribution in [1.82, 2.24) is 4.90 Å². The molecule has 3 nitrogen and oxygen atoms in total. The Labute approximate surface area is 104 Å². The molecule has 2 rings (SSSR count). The fraction of sp³-hybridized carbons (Fsp3) is 0.714. The van der Waals surface area contributed by atoms with Gasteiger partial charge in [-0.15, -0.1) is 0 Å². The van der Waals surface area contributed by atoms with Gasteiger partial charge in [0.2, 0.25) is 0 Å². The van der Waals surface area contributed by atoms with Crippen molar-refractivity contribution in [3.63, 3.8) is 0 Å². The Bertz CT molecular complexity index is 348. The first kappa shape index (κ1) is 12.7. The topological polar surface area (TPSA) is 42.4 Å². The minimum Gasteiger partial charge on any atom is -0.468 e. The van der Waals surface area contributed by atoms with Crippen molar-refractivity contribution in [2.45, 2.75) is 45.2 Å². The SMILES string of the molecule is Cc1ccoc1CN(C)C1CCCCC1CN. The molecule has 0 aromatic carbocycles. The summed E-state index contributed by atoms with van der Waals surface area (Å²) in [6, 6.07) is 2.66. The minimum atomic E-state index is 0.623. The van der Waals surface area contributed by atoms with Gasteiger partial charge in [0.1, 0.15) is 5.76 Å². The maximum Gasteiger partial charge on any atom is 0.120 e. The van der Waals surface area contributed by atoms with Gasteiger partial charge in [0, 0.05) is 6.04 Å². The summed E-state index contributed by atoms with van der Waals surface area (Å²) in [6.07, 6.45) is 7.01. The van der Waals surface area contributed by atoms with E-state index in [1.807, 2.05) is 6.07 Å². The molecular weight excluding hydrogens is 212 g/mol. The zero-order valence-electron chi connectivity index (χ0n) is 11.0. The Hall–Kier alpha value is -0.800. The van der Waals surface area contributed by atoms with Gasteiger partial charge in [-0.1, -0.05) is 12.8 Å². The fourth-order valence-electron chi connectivity index (χ4n) is 2.95. The van der Waals surface area contributed by atoms with Crippen LogP contribution in [0.4, 0.5) is 0 Å². The lowest BCUT2D eigenvalue weighted by Crippen LogP contribution is -2.42. The van der Waals surface area contributed by atoms with Crippen LogP contribution in [0.15, 0.2) is 16.7 Å². The van der Waals surface area contributed by atoms with Crippen molar-refractivity contribution in [3.8, 4) is 0 Å². The average molecular weight is 236 g/mol. The number of rotatable bonds is 4. The molecule has 0 aliphatic heterocycles. The molecule has 0 radical (unpaired) electrons. The molecule has 2 N–H and O–H groups in total. The molecular formula is C14H24N2O. The summed E-state index contributed by atoms with van der Waals surface area (Å²) in [5, 5.41) is 0. The van der Waals surface area contributed by atoms with E-state index in [1.165, 1.54) is 31.2 Å². The van der Waals surface area contributed by atoms with Crippen LogP contribution in [0.2, 0.25) is 0 Å². The van der Waals surface area contributed by atoms with Crippen LogP contribution in [0.1, 0.15) is 37.0 Å². The molecule has 0 amide bonds. The first-order valence-corrected chi connectivity index (χ1v) is 6.65. The van der Waals surface area contributed by atoms with Gasteiger partial charge >= 0.3 is 0 Å². The third-order valence-corrected chi connectivity index (χ3v) is 4.10. The van der Waals surface area contributed by atoms with E-state index in [2.05, 4.69) is 18.9 Å². The first-order chi connectivity index (χ1) is 8.22. The maximum absolute atomic E-state index is 5.88. The number of aryl methyl sites for hydroxylation is 1.